The second kappa shape index (κ2) is 11.5. The summed E-state index contributed by atoms with van der Waals surface area (Å²) in [4.78, 5) is 19.2. The molecular weight excluding hydrogens is 484 g/mol. The van der Waals surface area contributed by atoms with Crippen LogP contribution in [0.25, 0.3) is 28.0 Å². The van der Waals surface area contributed by atoms with E-state index in [-0.39, 0.29) is 0 Å². The number of nitrogens with one attached hydrogen (secondary N) is 2. The number of hydrogen-bond donors (Lipinski definition) is 2. The van der Waals surface area contributed by atoms with Gasteiger partial charge in [0.05, 0.1) is 16.9 Å². The first-order chi connectivity index (χ1) is 19.2. The summed E-state index contributed by atoms with van der Waals surface area (Å²) in [5, 5.41) is 11.2. The van der Waals surface area contributed by atoms with E-state index in [4.69, 9.17) is 4.98 Å². The summed E-state index contributed by atoms with van der Waals surface area (Å²) in [7, 11) is 0. The van der Waals surface area contributed by atoms with Gasteiger partial charge < -0.3 is 15.1 Å². The van der Waals surface area contributed by atoms with Gasteiger partial charge in [0.1, 0.15) is 17.0 Å². The van der Waals surface area contributed by atoms with E-state index in [9.17, 15) is 0 Å². The molecule has 4 aromatic heterocycles. The predicted octanol–water partition coefficient (Wildman–Crippen LogP) is 5.82. The van der Waals surface area contributed by atoms with E-state index < -0.39 is 0 Å². The molecule has 0 aromatic carbocycles. The summed E-state index contributed by atoms with van der Waals surface area (Å²) in [6.45, 7) is 12.2. The SMILES string of the molecule is C=C(Nc1ccnc(N2CCCCC2)c1C)c1n[nH]c2ccc(-c3cncc(CCCN4CCCC4)c3)nc12. The van der Waals surface area contributed by atoms with Crippen molar-refractivity contribution in [1.29, 1.82) is 0 Å². The first-order valence-corrected chi connectivity index (χ1v) is 14.3. The lowest BCUT2D eigenvalue weighted by atomic mass is 10.1. The smallest absolute Gasteiger partial charge is 0.134 e. The Balaban J connectivity index is 1.19. The van der Waals surface area contributed by atoms with Crippen LogP contribution < -0.4 is 10.2 Å². The van der Waals surface area contributed by atoms with Gasteiger partial charge in [-0.3, -0.25) is 10.1 Å². The van der Waals surface area contributed by atoms with Gasteiger partial charge in [-0.25, -0.2) is 9.97 Å². The van der Waals surface area contributed by atoms with Gasteiger partial charge in [-0.2, -0.15) is 5.10 Å². The van der Waals surface area contributed by atoms with Gasteiger partial charge in [0.2, 0.25) is 0 Å². The van der Waals surface area contributed by atoms with Crippen molar-refractivity contribution in [3.8, 4) is 11.3 Å². The average Bonchev–Trinajstić information content (AvgIpc) is 3.65. The van der Waals surface area contributed by atoms with E-state index in [0.29, 0.717) is 5.70 Å². The maximum atomic E-state index is 5.00. The Bertz CT molecular complexity index is 1450. The molecule has 0 atom stereocenters. The molecule has 0 spiro atoms. The van der Waals surface area contributed by atoms with Crippen molar-refractivity contribution in [3.05, 3.63) is 66.3 Å². The Morgan fingerprint density at radius 1 is 1.03 bits per heavy atom. The van der Waals surface area contributed by atoms with Crippen LogP contribution in [0.1, 0.15) is 55.3 Å². The normalized spacial score (nSPS) is 16.2. The van der Waals surface area contributed by atoms with Crippen LogP contribution in [-0.2, 0) is 6.42 Å². The summed E-state index contributed by atoms with van der Waals surface area (Å²) >= 11 is 0. The molecule has 8 nitrogen and oxygen atoms in total. The van der Waals surface area contributed by atoms with Gasteiger partial charge in [0.15, 0.2) is 0 Å². The van der Waals surface area contributed by atoms with Crippen LogP contribution in [0.4, 0.5) is 11.5 Å². The van der Waals surface area contributed by atoms with Gasteiger partial charge in [0.25, 0.3) is 0 Å². The van der Waals surface area contributed by atoms with Crippen LogP contribution in [0.2, 0.25) is 0 Å². The Morgan fingerprint density at radius 2 is 1.85 bits per heavy atom. The summed E-state index contributed by atoms with van der Waals surface area (Å²) in [6, 6.07) is 8.29. The molecule has 6 heterocycles. The Morgan fingerprint density at radius 3 is 2.69 bits per heavy atom. The van der Waals surface area contributed by atoms with E-state index in [1.165, 1.54) is 57.3 Å². The number of pyridine rings is 3. The van der Waals surface area contributed by atoms with Crippen LogP contribution in [0.15, 0.2) is 49.4 Å². The van der Waals surface area contributed by atoms with E-state index in [2.05, 4.69) is 54.9 Å². The Kier molecular flexibility index (Phi) is 7.54. The highest BCUT2D eigenvalue weighted by molar-refractivity contribution is 5.91. The Labute approximate surface area is 230 Å². The van der Waals surface area contributed by atoms with E-state index in [1.807, 2.05) is 36.8 Å². The van der Waals surface area contributed by atoms with Crippen molar-refractivity contribution in [3.63, 3.8) is 0 Å². The molecule has 0 bridgehead atoms. The van der Waals surface area contributed by atoms with Crippen molar-refractivity contribution in [2.75, 3.05) is 42.9 Å². The number of likely N-dealkylation sites (tertiary alicyclic amines) is 1. The number of fused-ring (bicyclic) bond motifs is 1. The lowest BCUT2D eigenvalue weighted by molar-refractivity contribution is 0.334. The number of rotatable bonds is 9. The number of piperidine rings is 1. The largest absolute Gasteiger partial charge is 0.356 e. The highest BCUT2D eigenvalue weighted by atomic mass is 15.2. The Hall–Kier alpha value is -3.78. The first-order valence-electron chi connectivity index (χ1n) is 14.3. The lowest BCUT2D eigenvalue weighted by Crippen LogP contribution is -2.30. The lowest BCUT2D eigenvalue weighted by Gasteiger charge is -2.29. The minimum absolute atomic E-state index is 0.707. The summed E-state index contributed by atoms with van der Waals surface area (Å²) in [5.74, 6) is 1.05. The highest BCUT2D eigenvalue weighted by Crippen LogP contribution is 2.30. The van der Waals surface area contributed by atoms with Crippen LogP contribution in [0, 0.1) is 6.92 Å². The first kappa shape index (κ1) is 25.5. The molecule has 2 aliphatic heterocycles. The molecule has 0 radical (unpaired) electrons. The second-order valence-electron chi connectivity index (χ2n) is 10.9. The number of hydrogen-bond acceptors (Lipinski definition) is 7. The molecule has 39 heavy (non-hydrogen) atoms. The van der Waals surface area contributed by atoms with Crippen molar-refractivity contribution in [2.24, 2.45) is 0 Å². The maximum absolute atomic E-state index is 5.00. The maximum Gasteiger partial charge on any atom is 0.134 e. The average molecular weight is 523 g/mol. The van der Waals surface area contributed by atoms with Crippen molar-refractivity contribution in [1.82, 2.24) is 30.0 Å². The van der Waals surface area contributed by atoms with E-state index >= 15 is 0 Å². The molecule has 0 amide bonds. The van der Waals surface area contributed by atoms with Gasteiger partial charge in [-0.05, 0) is 101 Å². The molecule has 202 valence electrons. The van der Waals surface area contributed by atoms with Gasteiger partial charge in [0, 0.05) is 48.5 Å². The fourth-order valence-electron chi connectivity index (χ4n) is 5.85. The minimum atomic E-state index is 0.707. The molecular formula is C31H38N8. The van der Waals surface area contributed by atoms with Crippen LogP contribution >= 0.6 is 0 Å². The highest BCUT2D eigenvalue weighted by Gasteiger charge is 2.18. The number of aryl methyl sites for hydroxylation is 1. The number of H-pyrrole nitrogens is 1. The second-order valence-corrected chi connectivity index (χ2v) is 10.9. The molecule has 2 saturated heterocycles. The standard InChI is InChI=1S/C31H38N8/c1-22-26(12-13-33-31(22)39-17-4-3-5-18-39)34-23(2)29-30-28(36-37-29)11-10-27(35-30)25-19-24(20-32-21-25)9-8-16-38-14-6-7-15-38/h10-13,19-21H,2-9,14-18H2,1H3,(H,33,34)(H,36,37). The van der Waals surface area contributed by atoms with E-state index in [0.717, 1.165) is 71.0 Å². The minimum Gasteiger partial charge on any atom is -0.356 e. The number of aromatic nitrogens is 5. The zero-order valence-corrected chi connectivity index (χ0v) is 22.9. The number of anilines is 2. The summed E-state index contributed by atoms with van der Waals surface area (Å²) in [6.07, 6.45) is 14.3. The molecule has 8 heteroatoms. The zero-order chi connectivity index (χ0) is 26.6. The topological polar surface area (TPSA) is 85.9 Å². The monoisotopic (exact) mass is 522 g/mol. The molecule has 2 fully saturated rings. The van der Waals surface area contributed by atoms with Crippen LogP contribution in [0.3, 0.4) is 0 Å². The van der Waals surface area contributed by atoms with Crippen LogP contribution in [-0.4, -0.2) is 62.8 Å². The summed E-state index contributed by atoms with van der Waals surface area (Å²) in [5.41, 5.74) is 8.40. The molecule has 0 saturated carbocycles. The predicted molar refractivity (Wildman–Crippen MR) is 159 cm³/mol. The molecule has 2 aliphatic rings. The fraction of sp³-hybridized carbons (Fsp3) is 0.419. The molecule has 0 aliphatic carbocycles. The summed E-state index contributed by atoms with van der Waals surface area (Å²) < 4.78 is 0. The molecule has 6 rings (SSSR count). The third-order valence-electron chi connectivity index (χ3n) is 8.04. The van der Waals surface area contributed by atoms with Gasteiger partial charge in [-0.15, -0.1) is 0 Å². The van der Waals surface area contributed by atoms with Crippen molar-refractivity contribution in [2.45, 2.75) is 51.9 Å². The number of nitrogens with zero attached hydrogens (tertiary/aromatic N) is 6. The fourth-order valence-corrected chi connectivity index (χ4v) is 5.85. The van der Waals surface area contributed by atoms with Gasteiger partial charge in [-0.1, -0.05) is 6.58 Å². The van der Waals surface area contributed by atoms with Crippen molar-refractivity contribution < 1.29 is 0 Å². The van der Waals surface area contributed by atoms with E-state index in [1.54, 1.807) is 0 Å². The van der Waals surface area contributed by atoms with Crippen LogP contribution in [0.5, 0.6) is 0 Å². The third-order valence-corrected chi connectivity index (χ3v) is 8.04. The quantitative estimate of drug-likeness (QED) is 0.286. The number of aromatic amines is 1. The van der Waals surface area contributed by atoms with Crippen molar-refractivity contribution >= 4 is 28.2 Å². The molecule has 4 aromatic rings. The zero-order valence-electron chi connectivity index (χ0n) is 22.9. The third kappa shape index (κ3) is 5.66. The molecule has 0 unspecified atom stereocenters. The molecule has 2 N–H and O–H groups in total. The van der Waals surface area contributed by atoms with Gasteiger partial charge >= 0.3 is 0 Å².